The lowest BCUT2D eigenvalue weighted by molar-refractivity contribution is -0.207. The molecule has 32 heavy (non-hydrogen) atoms. The first-order valence-electron chi connectivity index (χ1n) is 10.7. The Hall–Kier alpha value is -2.89. The average molecular weight is 438 g/mol. The van der Waals surface area contributed by atoms with Crippen molar-refractivity contribution in [2.45, 2.75) is 26.1 Å². The lowest BCUT2D eigenvalue weighted by atomic mass is 9.98. The SMILES string of the molecule is C=CCCC1COC(c2ccc(-c3ccc(-c4ccc(C)c(F)c4F)cc3)cc2F)OC1. The summed E-state index contributed by atoms with van der Waals surface area (Å²) in [6.07, 6.45) is 2.99. The predicted octanol–water partition coefficient (Wildman–Crippen LogP) is 7.37. The van der Waals surface area contributed by atoms with E-state index in [0.717, 1.165) is 18.4 Å². The topological polar surface area (TPSA) is 18.5 Å². The second-order valence-corrected chi connectivity index (χ2v) is 8.10. The molecule has 0 radical (unpaired) electrons. The largest absolute Gasteiger partial charge is 0.348 e. The Morgan fingerprint density at radius 1 is 0.875 bits per heavy atom. The molecule has 5 heteroatoms. The van der Waals surface area contributed by atoms with E-state index in [0.29, 0.717) is 29.9 Å². The van der Waals surface area contributed by atoms with E-state index in [1.165, 1.54) is 13.0 Å². The van der Waals surface area contributed by atoms with Gasteiger partial charge in [-0.05, 0) is 48.1 Å². The smallest absolute Gasteiger partial charge is 0.186 e. The molecule has 3 aromatic carbocycles. The molecule has 1 fully saturated rings. The number of rotatable bonds is 6. The number of halogens is 3. The molecule has 0 saturated carbocycles. The summed E-state index contributed by atoms with van der Waals surface area (Å²) in [5.74, 6) is -1.83. The highest BCUT2D eigenvalue weighted by Gasteiger charge is 2.25. The van der Waals surface area contributed by atoms with Gasteiger partial charge in [0.25, 0.3) is 0 Å². The maximum atomic E-state index is 14.8. The van der Waals surface area contributed by atoms with Crippen molar-refractivity contribution in [1.82, 2.24) is 0 Å². The summed E-state index contributed by atoms with van der Waals surface area (Å²) in [7, 11) is 0. The molecule has 0 aliphatic carbocycles. The molecule has 1 aliphatic rings. The molecule has 0 atom stereocenters. The Morgan fingerprint density at radius 3 is 2.19 bits per heavy atom. The molecular formula is C27H25F3O2. The molecule has 1 aliphatic heterocycles. The van der Waals surface area contributed by atoms with Crippen LogP contribution in [0.4, 0.5) is 13.2 Å². The number of ether oxygens (including phenoxy) is 2. The van der Waals surface area contributed by atoms with Crippen LogP contribution in [0.15, 0.2) is 67.3 Å². The van der Waals surface area contributed by atoms with Crippen LogP contribution in [0.2, 0.25) is 0 Å². The summed E-state index contributed by atoms with van der Waals surface area (Å²) in [6, 6.07) is 14.9. The van der Waals surface area contributed by atoms with Gasteiger partial charge in [-0.1, -0.05) is 54.6 Å². The van der Waals surface area contributed by atoms with E-state index in [-0.39, 0.29) is 17.0 Å². The second-order valence-electron chi connectivity index (χ2n) is 8.10. The summed E-state index contributed by atoms with van der Waals surface area (Å²) in [6.45, 7) is 6.29. The zero-order chi connectivity index (χ0) is 22.7. The molecule has 0 bridgehead atoms. The highest BCUT2D eigenvalue weighted by Crippen LogP contribution is 2.32. The van der Waals surface area contributed by atoms with Crippen LogP contribution in [0.25, 0.3) is 22.3 Å². The average Bonchev–Trinajstić information content (AvgIpc) is 2.82. The van der Waals surface area contributed by atoms with Crippen LogP contribution in [-0.2, 0) is 9.47 Å². The van der Waals surface area contributed by atoms with Gasteiger partial charge in [0.2, 0.25) is 0 Å². The zero-order valence-corrected chi connectivity index (χ0v) is 17.9. The predicted molar refractivity (Wildman–Crippen MR) is 119 cm³/mol. The fourth-order valence-corrected chi connectivity index (χ4v) is 3.85. The number of aryl methyl sites for hydroxylation is 1. The van der Waals surface area contributed by atoms with Crippen LogP contribution >= 0.6 is 0 Å². The Morgan fingerprint density at radius 2 is 1.53 bits per heavy atom. The van der Waals surface area contributed by atoms with Gasteiger partial charge in [-0.3, -0.25) is 0 Å². The maximum absolute atomic E-state index is 14.8. The Kier molecular flexibility index (Phi) is 6.77. The first-order valence-corrected chi connectivity index (χ1v) is 10.7. The number of benzene rings is 3. The standard InChI is InChI=1S/C27H25F3O2/c1-3-4-5-18-15-31-27(32-16-18)23-13-11-21(14-24(23)28)19-7-9-20(10-8-19)22-12-6-17(2)25(29)26(22)30/h3,6-14,18,27H,1,4-5,15-16H2,2H3. The molecule has 1 saturated heterocycles. The van der Waals surface area contributed by atoms with Gasteiger partial charge in [-0.15, -0.1) is 6.58 Å². The molecule has 1 heterocycles. The highest BCUT2D eigenvalue weighted by molar-refractivity contribution is 5.71. The van der Waals surface area contributed by atoms with E-state index in [1.54, 1.807) is 48.5 Å². The number of hydrogen-bond donors (Lipinski definition) is 0. The normalized spacial score (nSPS) is 18.5. The molecule has 3 aromatic rings. The van der Waals surface area contributed by atoms with E-state index >= 15 is 0 Å². The Balaban J connectivity index is 1.49. The van der Waals surface area contributed by atoms with Gasteiger partial charge in [0.1, 0.15) is 5.82 Å². The van der Waals surface area contributed by atoms with E-state index in [1.807, 2.05) is 6.08 Å². The molecule has 0 unspecified atom stereocenters. The third-order valence-electron chi connectivity index (χ3n) is 5.80. The highest BCUT2D eigenvalue weighted by atomic mass is 19.2. The lowest BCUT2D eigenvalue weighted by Gasteiger charge is -2.29. The fraction of sp³-hybridized carbons (Fsp3) is 0.259. The second kappa shape index (κ2) is 9.72. The van der Waals surface area contributed by atoms with Crippen LogP contribution in [0, 0.1) is 30.3 Å². The van der Waals surface area contributed by atoms with E-state index in [9.17, 15) is 13.2 Å². The van der Waals surface area contributed by atoms with Gasteiger partial charge < -0.3 is 9.47 Å². The van der Waals surface area contributed by atoms with Crippen LogP contribution in [0.3, 0.4) is 0 Å². The molecule has 0 N–H and O–H groups in total. The molecule has 0 aromatic heterocycles. The van der Waals surface area contributed by atoms with Crippen LogP contribution < -0.4 is 0 Å². The lowest BCUT2D eigenvalue weighted by Crippen LogP contribution is -2.27. The minimum Gasteiger partial charge on any atom is -0.348 e. The third kappa shape index (κ3) is 4.64. The Labute approximate surface area is 186 Å². The van der Waals surface area contributed by atoms with Gasteiger partial charge in [0.15, 0.2) is 17.9 Å². The molecule has 0 spiro atoms. The monoisotopic (exact) mass is 438 g/mol. The minimum absolute atomic E-state index is 0.194. The van der Waals surface area contributed by atoms with Crippen LogP contribution in [-0.4, -0.2) is 13.2 Å². The van der Waals surface area contributed by atoms with Crippen molar-refractivity contribution in [2.24, 2.45) is 5.92 Å². The first kappa shape index (κ1) is 22.3. The summed E-state index contributed by atoms with van der Waals surface area (Å²) in [5, 5.41) is 0. The van der Waals surface area contributed by atoms with Gasteiger partial charge in [0, 0.05) is 17.0 Å². The van der Waals surface area contributed by atoms with Gasteiger partial charge in [-0.2, -0.15) is 0 Å². The number of allylic oxidation sites excluding steroid dienone is 1. The van der Waals surface area contributed by atoms with Crippen LogP contribution in [0.5, 0.6) is 0 Å². The molecular weight excluding hydrogens is 413 g/mol. The van der Waals surface area contributed by atoms with Crippen molar-refractivity contribution in [3.05, 3.63) is 95.8 Å². The van der Waals surface area contributed by atoms with Crippen LogP contribution in [0.1, 0.15) is 30.3 Å². The quantitative estimate of drug-likeness (QED) is 0.374. The number of hydrogen-bond acceptors (Lipinski definition) is 2. The van der Waals surface area contributed by atoms with Crippen molar-refractivity contribution in [1.29, 1.82) is 0 Å². The first-order chi connectivity index (χ1) is 15.5. The van der Waals surface area contributed by atoms with E-state index in [2.05, 4.69) is 6.58 Å². The van der Waals surface area contributed by atoms with Crippen molar-refractivity contribution < 1.29 is 22.6 Å². The van der Waals surface area contributed by atoms with Crippen molar-refractivity contribution in [2.75, 3.05) is 13.2 Å². The van der Waals surface area contributed by atoms with E-state index in [4.69, 9.17) is 9.47 Å². The molecule has 166 valence electrons. The summed E-state index contributed by atoms with van der Waals surface area (Å²) >= 11 is 0. The van der Waals surface area contributed by atoms with Gasteiger partial charge >= 0.3 is 0 Å². The third-order valence-corrected chi connectivity index (χ3v) is 5.80. The summed E-state index contributed by atoms with van der Waals surface area (Å²) in [4.78, 5) is 0. The van der Waals surface area contributed by atoms with Crippen molar-refractivity contribution in [3.8, 4) is 22.3 Å². The van der Waals surface area contributed by atoms with Crippen molar-refractivity contribution >= 4 is 0 Å². The maximum Gasteiger partial charge on any atom is 0.186 e. The van der Waals surface area contributed by atoms with Gasteiger partial charge in [-0.25, -0.2) is 13.2 Å². The zero-order valence-electron chi connectivity index (χ0n) is 17.9. The van der Waals surface area contributed by atoms with E-state index < -0.39 is 23.7 Å². The van der Waals surface area contributed by atoms with Gasteiger partial charge in [0.05, 0.1) is 13.2 Å². The molecule has 2 nitrogen and oxygen atoms in total. The minimum atomic E-state index is -0.868. The molecule has 0 amide bonds. The summed E-state index contributed by atoms with van der Waals surface area (Å²) < 4.78 is 54.5. The molecule has 4 rings (SSSR count). The summed E-state index contributed by atoms with van der Waals surface area (Å²) in [5.41, 5.74) is 2.81. The fourth-order valence-electron chi connectivity index (χ4n) is 3.85. The Bertz CT molecular complexity index is 1100. The van der Waals surface area contributed by atoms with Crippen molar-refractivity contribution in [3.63, 3.8) is 0 Å².